The SMILES string of the molecule is CCC1(CC)CCN(C(=O)c2nc(NC)ccc2Cl)CC1. The number of amides is 1. The average Bonchev–Trinajstić information content (AvgIpc) is 2.55. The number of piperidine rings is 1. The Labute approximate surface area is 131 Å². The minimum atomic E-state index is -0.0575. The number of nitrogens with one attached hydrogen (secondary N) is 1. The second-order valence-corrected chi connectivity index (χ2v) is 6.18. The molecule has 1 amide bonds. The van der Waals surface area contributed by atoms with E-state index in [0.717, 1.165) is 25.9 Å². The van der Waals surface area contributed by atoms with E-state index in [0.29, 0.717) is 21.9 Å². The van der Waals surface area contributed by atoms with Crippen molar-refractivity contribution < 1.29 is 4.79 Å². The van der Waals surface area contributed by atoms with E-state index >= 15 is 0 Å². The van der Waals surface area contributed by atoms with E-state index in [9.17, 15) is 4.79 Å². The van der Waals surface area contributed by atoms with Gasteiger partial charge in [0, 0.05) is 20.1 Å². The number of carbonyl (C=O) groups excluding carboxylic acids is 1. The van der Waals surface area contributed by atoms with Crippen molar-refractivity contribution in [3.8, 4) is 0 Å². The van der Waals surface area contributed by atoms with Gasteiger partial charge < -0.3 is 10.2 Å². The highest BCUT2D eigenvalue weighted by atomic mass is 35.5. The lowest BCUT2D eigenvalue weighted by molar-refractivity contribution is 0.0552. The lowest BCUT2D eigenvalue weighted by Gasteiger charge is -2.41. The molecule has 0 aliphatic carbocycles. The summed E-state index contributed by atoms with van der Waals surface area (Å²) >= 11 is 6.14. The van der Waals surface area contributed by atoms with E-state index in [2.05, 4.69) is 24.1 Å². The van der Waals surface area contributed by atoms with Gasteiger partial charge in [-0.25, -0.2) is 4.98 Å². The number of rotatable bonds is 4. The van der Waals surface area contributed by atoms with E-state index < -0.39 is 0 Å². The number of nitrogens with zero attached hydrogens (tertiary/aromatic N) is 2. The number of pyridine rings is 1. The molecule has 4 nitrogen and oxygen atoms in total. The maximum absolute atomic E-state index is 12.6. The summed E-state index contributed by atoms with van der Waals surface area (Å²) in [6.45, 7) is 6.08. The minimum absolute atomic E-state index is 0.0575. The van der Waals surface area contributed by atoms with Crippen LogP contribution in [0, 0.1) is 5.41 Å². The van der Waals surface area contributed by atoms with Crippen LogP contribution in [0.1, 0.15) is 50.0 Å². The van der Waals surface area contributed by atoms with Crippen molar-refractivity contribution in [1.82, 2.24) is 9.88 Å². The number of aromatic nitrogens is 1. The van der Waals surface area contributed by atoms with E-state index in [1.54, 1.807) is 19.2 Å². The van der Waals surface area contributed by atoms with Crippen LogP contribution in [0.25, 0.3) is 0 Å². The van der Waals surface area contributed by atoms with Crippen LogP contribution in [0.4, 0.5) is 5.82 Å². The van der Waals surface area contributed by atoms with Gasteiger partial charge in [-0.2, -0.15) is 0 Å². The Bertz CT molecular complexity index is 504. The fourth-order valence-corrected chi connectivity index (χ4v) is 3.21. The zero-order valence-electron chi connectivity index (χ0n) is 13.1. The van der Waals surface area contributed by atoms with Gasteiger partial charge in [-0.1, -0.05) is 38.3 Å². The molecule has 1 aliphatic heterocycles. The van der Waals surface area contributed by atoms with Crippen LogP contribution in [0.3, 0.4) is 0 Å². The van der Waals surface area contributed by atoms with E-state index in [1.165, 1.54) is 12.8 Å². The Kier molecular flexibility index (Phi) is 5.09. The summed E-state index contributed by atoms with van der Waals surface area (Å²) < 4.78 is 0. The molecule has 2 rings (SSSR count). The zero-order chi connectivity index (χ0) is 15.5. The summed E-state index contributed by atoms with van der Waals surface area (Å²) in [5.41, 5.74) is 0.755. The summed E-state index contributed by atoms with van der Waals surface area (Å²) in [5.74, 6) is 0.606. The van der Waals surface area contributed by atoms with Crippen molar-refractivity contribution in [2.24, 2.45) is 5.41 Å². The monoisotopic (exact) mass is 309 g/mol. The smallest absolute Gasteiger partial charge is 0.274 e. The first-order valence-corrected chi connectivity index (χ1v) is 8.06. The molecule has 0 radical (unpaired) electrons. The first-order chi connectivity index (χ1) is 10.0. The maximum Gasteiger partial charge on any atom is 0.274 e. The van der Waals surface area contributed by atoms with Crippen LogP contribution in [0.5, 0.6) is 0 Å². The van der Waals surface area contributed by atoms with E-state index in [4.69, 9.17) is 11.6 Å². The molecule has 0 saturated carbocycles. The topological polar surface area (TPSA) is 45.2 Å². The second kappa shape index (κ2) is 6.65. The molecule has 0 spiro atoms. The first-order valence-electron chi connectivity index (χ1n) is 7.69. The summed E-state index contributed by atoms with van der Waals surface area (Å²) in [5, 5.41) is 3.36. The highest BCUT2D eigenvalue weighted by Crippen LogP contribution is 2.38. The predicted octanol–water partition coefficient (Wildman–Crippen LogP) is 3.82. The molecule has 0 atom stereocenters. The molecule has 21 heavy (non-hydrogen) atoms. The summed E-state index contributed by atoms with van der Waals surface area (Å²) in [4.78, 5) is 18.8. The molecule has 0 aromatic carbocycles. The van der Waals surface area contributed by atoms with Gasteiger partial charge in [0.15, 0.2) is 0 Å². The van der Waals surface area contributed by atoms with Gasteiger partial charge in [-0.3, -0.25) is 4.79 Å². The van der Waals surface area contributed by atoms with Gasteiger partial charge in [0.2, 0.25) is 0 Å². The van der Waals surface area contributed by atoms with Gasteiger partial charge >= 0.3 is 0 Å². The standard InChI is InChI=1S/C16H24ClN3O/c1-4-16(5-2)8-10-20(11-9-16)15(21)14-12(17)6-7-13(18-3)19-14/h6-7H,4-5,8-11H2,1-3H3,(H,18,19). The van der Waals surface area contributed by atoms with Gasteiger partial charge in [0.25, 0.3) is 5.91 Å². The summed E-state index contributed by atoms with van der Waals surface area (Å²) in [7, 11) is 1.78. The molecule has 1 aromatic rings. The van der Waals surface area contributed by atoms with Crippen molar-refractivity contribution >= 4 is 23.3 Å². The number of likely N-dealkylation sites (tertiary alicyclic amines) is 1. The van der Waals surface area contributed by atoms with Crippen molar-refractivity contribution in [2.75, 3.05) is 25.5 Å². The Balaban J connectivity index is 2.12. The first kappa shape index (κ1) is 16.1. The highest BCUT2D eigenvalue weighted by Gasteiger charge is 2.33. The third-order valence-corrected chi connectivity index (χ3v) is 5.22. The second-order valence-electron chi connectivity index (χ2n) is 5.78. The Morgan fingerprint density at radius 2 is 1.95 bits per heavy atom. The molecule has 116 valence electrons. The zero-order valence-corrected chi connectivity index (χ0v) is 13.8. The molecule has 0 unspecified atom stereocenters. The third kappa shape index (κ3) is 3.31. The molecular weight excluding hydrogens is 286 g/mol. The van der Waals surface area contributed by atoms with Crippen LogP contribution in [-0.4, -0.2) is 35.9 Å². The molecule has 5 heteroatoms. The molecule has 1 aliphatic rings. The van der Waals surface area contributed by atoms with Gasteiger partial charge in [-0.05, 0) is 30.4 Å². The average molecular weight is 310 g/mol. The molecule has 1 saturated heterocycles. The van der Waals surface area contributed by atoms with Gasteiger partial charge in [0.05, 0.1) is 5.02 Å². The van der Waals surface area contributed by atoms with Crippen LogP contribution >= 0.6 is 11.6 Å². The molecular formula is C16H24ClN3O. The van der Waals surface area contributed by atoms with Crippen molar-refractivity contribution in [3.63, 3.8) is 0 Å². The van der Waals surface area contributed by atoms with Crippen molar-refractivity contribution in [1.29, 1.82) is 0 Å². The minimum Gasteiger partial charge on any atom is -0.373 e. The van der Waals surface area contributed by atoms with Gasteiger partial charge in [0.1, 0.15) is 11.5 Å². The lowest BCUT2D eigenvalue weighted by Crippen LogP contribution is -2.43. The third-order valence-electron chi connectivity index (χ3n) is 4.92. The molecule has 1 N–H and O–H groups in total. The maximum atomic E-state index is 12.6. The lowest BCUT2D eigenvalue weighted by atomic mass is 9.74. The number of carbonyl (C=O) groups is 1. The molecule has 0 bridgehead atoms. The Hall–Kier alpha value is -1.29. The fourth-order valence-electron chi connectivity index (χ4n) is 3.02. The highest BCUT2D eigenvalue weighted by molar-refractivity contribution is 6.33. The predicted molar refractivity (Wildman–Crippen MR) is 86.9 cm³/mol. The van der Waals surface area contributed by atoms with Crippen LogP contribution in [0.15, 0.2) is 12.1 Å². The number of hydrogen-bond acceptors (Lipinski definition) is 3. The normalized spacial score (nSPS) is 17.6. The van der Waals surface area contributed by atoms with Crippen molar-refractivity contribution in [3.05, 3.63) is 22.8 Å². The van der Waals surface area contributed by atoms with Gasteiger partial charge in [-0.15, -0.1) is 0 Å². The van der Waals surface area contributed by atoms with Crippen molar-refractivity contribution in [2.45, 2.75) is 39.5 Å². The number of anilines is 1. The van der Waals surface area contributed by atoms with E-state index in [1.807, 2.05) is 4.90 Å². The molecule has 1 fully saturated rings. The summed E-state index contributed by atoms with van der Waals surface area (Å²) in [6.07, 6.45) is 4.49. The quantitative estimate of drug-likeness (QED) is 0.919. The largest absolute Gasteiger partial charge is 0.373 e. The van der Waals surface area contributed by atoms with E-state index in [-0.39, 0.29) is 5.91 Å². The fraction of sp³-hybridized carbons (Fsp3) is 0.625. The Morgan fingerprint density at radius 3 is 2.48 bits per heavy atom. The Morgan fingerprint density at radius 1 is 1.33 bits per heavy atom. The van der Waals surface area contributed by atoms with Crippen LogP contribution in [0.2, 0.25) is 5.02 Å². The molecule has 2 heterocycles. The number of hydrogen-bond donors (Lipinski definition) is 1. The summed E-state index contributed by atoms with van der Waals surface area (Å²) in [6, 6.07) is 3.49. The van der Waals surface area contributed by atoms with Crippen LogP contribution in [-0.2, 0) is 0 Å². The number of halogens is 1. The molecule has 1 aromatic heterocycles. The van der Waals surface area contributed by atoms with Crippen LogP contribution < -0.4 is 5.32 Å².